The zero-order chi connectivity index (χ0) is 22.7. The molecule has 0 radical (unpaired) electrons. The van der Waals surface area contributed by atoms with Crippen LogP contribution < -0.4 is 10.2 Å². The minimum Gasteiger partial charge on any atom is -0.508 e. The van der Waals surface area contributed by atoms with Crippen molar-refractivity contribution in [2.75, 3.05) is 11.9 Å². The van der Waals surface area contributed by atoms with Crippen molar-refractivity contribution in [3.05, 3.63) is 53.4 Å². The quantitative estimate of drug-likeness (QED) is 0.465. The van der Waals surface area contributed by atoms with Crippen LogP contribution in [0.2, 0.25) is 0 Å². The van der Waals surface area contributed by atoms with Gasteiger partial charge in [-0.25, -0.2) is 4.98 Å². The lowest BCUT2D eigenvalue weighted by atomic mass is 10.0. The summed E-state index contributed by atoms with van der Waals surface area (Å²) in [6.07, 6.45) is 3.42. The van der Waals surface area contributed by atoms with Crippen LogP contribution >= 0.6 is 12.2 Å². The summed E-state index contributed by atoms with van der Waals surface area (Å²) in [5.74, 6) is 1.06. The molecular formula is C24H30N4O2S. The lowest BCUT2D eigenvalue weighted by Gasteiger charge is -2.29. The number of fused-ring (bicyclic) bond motifs is 1. The molecule has 1 aromatic heterocycles. The SMILES string of the molecule is CCC=C(c1cc(CC)c(O)cc1O)N(C(=S)NC)c1ccc2nc(C)n(CC)c2c1. The Hall–Kier alpha value is -3.06. The van der Waals surface area contributed by atoms with Crippen molar-refractivity contribution < 1.29 is 10.2 Å². The lowest BCUT2D eigenvalue weighted by Crippen LogP contribution is -2.36. The number of aryl methyl sites for hydroxylation is 3. The van der Waals surface area contributed by atoms with Crippen molar-refractivity contribution in [1.29, 1.82) is 0 Å². The number of hydrogen-bond acceptors (Lipinski definition) is 4. The number of nitrogens with zero attached hydrogens (tertiary/aromatic N) is 3. The molecule has 0 aliphatic rings. The third kappa shape index (κ3) is 4.23. The second-order valence-corrected chi connectivity index (χ2v) is 7.70. The van der Waals surface area contributed by atoms with Gasteiger partial charge in [0.15, 0.2) is 5.11 Å². The Labute approximate surface area is 188 Å². The maximum atomic E-state index is 10.7. The van der Waals surface area contributed by atoms with E-state index in [1.165, 1.54) is 6.07 Å². The van der Waals surface area contributed by atoms with Gasteiger partial charge in [-0.05, 0) is 68.7 Å². The van der Waals surface area contributed by atoms with E-state index in [1.807, 2.05) is 49.9 Å². The lowest BCUT2D eigenvalue weighted by molar-refractivity contribution is 0.445. The van der Waals surface area contributed by atoms with Crippen LogP contribution in [0, 0.1) is 6.92 Å². The third-order valence-corrected chi connectivity index (χ3v) is 5.79. The number of aromatic nitrogens is 2. The van der Waals surface area contributed by atoms with E-state index < -0.39 is 0 Å². The van der Waals surface area contributed by atoms with E-state index in [0.29, 0.717) is 17.1 Å². The van der Waals surface area contributed by atoms with Crippen LogP contribution in [0.15, 0.2) is 36.4 Å². The highest BCUT2D eigenvalue weighted by Crippen LogP contribution is 2.37. The molecule has 3 rings (SSSR count). The van der Waals surface area contributed by atoms with Gasteiger partial charge in [-0.1, -0.05) is 19.9 Å². The highest BCUT2D eigenvalue weighted by Gasteiger charge is 2.22. The van der Waals surface area contributed by atoms with Crippen molar-refractivity contribution in [1.82, 2.24) is 14.9 Å². The number of benzene rings is 2. The molecule has 0 bridgehead atoms. The highest BCUT2D eigenvalue weighted by atomic mass is 32.1. The molecule has 0 atom stereocenters. The highest BCUT2D eigenvalue weighted by molar-refractivity contribution is 7.80. The van der Waals surface area contributed by atoms with Crippen molar-refractivity contribution in [2.24, 2.45) is 0 Å². The largest absolute Gasteiger partial charge is 0.508 e. The predicted octanol–water partition coefficient (Wildman–Crippen LogP) is 5.10. The molecule has 6 nitrogen and oxygen atoms in total. The molecule has 0 saturated heterocycles. The summed E-state index contributed by atoms with van der Waals surface area (Å²) in [4.78, 5) is 6.57. The van der Waals surface area contributed by atoms with Crippen LogP contribution in [0.5, 0.6) is 11.5 Å². The molecule has 0 aliphatic carbocycles. The molecule has 2 aromatic carbocycles. The fourth-order valence-electron chi connectivity index (χ4n) is 3.87. The van der Waals surface area contributed by atoms with Crippen LogP contribution in [0.1, 0.15) is 44.1 Å². The Morgan fingerprint density at radius 1 is 1.16 bits per heavy atom. The fraction of sp³-hybridized carbons (Fsp3) is 0.333. The first-order valence-electron chi connectivity index (χ1n) is 10.6. The van der Waals surface area contributed by atoms with Gasteiger partial charge in [0.05, 0.1) is 22.4 Å². The van der Waals surface area contributed by atoms with E-state index in [9.17, 15) is 10.2 Å². The first-order chi connectivity index (χ1) is 14.9. The molecule has 3 aromatic rings. The summed E-state index contributed by atoms with van der Waals surface area (Å²) in [5, 5.41) is 24.5. The number of imidazole rings is 1. The first-order valence-corrected chi connectivity index (χ1v) is 11.0. The summed E-state index contributed by atoms with van der Waals surface area (Å²) < 4.78 is 2.16. The summed E-state index contributed by atoms with van der Waals surface area (Å²) in [5.41, 5.74) is 4.97. The second-order valence-electron chi connectivity index (χ2n) is 7.32. The number of rotatable bonds is 6. The molecular weight excluding hydrogens is 408 g/mol. The monoisotopic (exact) mass is 438 g/mol. The van der Waals surface area contributed by atoms with Crippen LogP contribution in [0.3, 0.4) is 0 Å². The average molecular weight is 439 g/mol. The van der Waals surface area contributed by atoms with Gasteiger partial charge in [0.1, 0.15) is 17.3 Å². The van der Waals surface area contributed by atoms with Crippen LogP contribution in [0.4, 0.5) is 5.69 Å². The van der Waals surface area contributed by atoms with E-state index in [0.717, 1.165) is 46.8 Å². The van der Waals surface area contributed by atoms with Gasteiger partial charge in [0, 0.05) is 25.2 Å². The standard InChI is InChI=1S/C24H30N4O2S/c1-6-9-20(18-12-16(7-2)22(29)14-23(18)30)28(24(31)25-5)17-10-11-19-21(13-17)27(8-3)15(4)26-19/h9-14,29-30H,6-8H2,1-5H3,(H,25,31). The fourth-order valence-corrected chi connectivity index (χ4v) is 4.08. The van der Waals surface area contributed by atoms with Crippen molar-refractivity contribution >= 4 is 39.7 Å². The maximum Gasteiger partial charge on any atom is 0.177 e. The van der Waals surface area contributed by atoms with Crippen LogP contribution in [0.25, 0.3) is 16.7 Å². The number of nitrogens with one attached hydrogen (secondary N) is 1. The third-order valence-electron chi connectivity index (χ3n) is 5.41. The van der Waals surface area contributed by atoms with Gasteiger partial charge >= 0.3 is 0 Å². The number of thiocarbonyl (C=S) groups is 1. The van der Waals surface area contributed by atoms with Crippen LogP contribution in [-0.2, 0) is 13.0 Å². The summed E-state index contributed by atoms with van der Waals surface area (Å²) in [6.45, 7) is 8.93. The number of anilines is 1. The normalized spacial score (nSPS) is 11.7. The number of phenols is 2. The van der Waals surface area contributed by atoms with Gasteiger partial charge in [0.25, 0.3) is 0 Å². The number of phenolic OH excluding ortho intramolecular Hbond substituents is 2. The number of aromatic hydroxyl groups is 2. The maximum absolute atomic E-state index is 10.7. The molecule has 0 spiro atoms. The molecule has 0 amide bonds. The zero-order valence-corrected chi connectivity index (χ0v) is 19.5. The molecule has 7 heteroatoms. The molecule has 31 heavy (non-hydrogen) atoms. The Morgan fingerprint density at radius 3 is 2.52 bits per heavy atom. The molecule has 0 unspecified atom stereocenters. The Balaban J connectivity index is 2.25. The van der Waals surface area contributed by atoms with Gasteiger partial charge in [-0.2, -0.15) is 0 Å². The van der Waals surface area contributed by atoms with Crippen molar-refractivity contribution in [3.63, 3.8) is 0 Å². The summed E-state index contributed by atoms with van der Waals surface area (Å²) in [7, 11) is 1.78. The number of allylic oxidation sites excluding steroid dienone is 1. The minimum atomic E-state index is 0.00817. The zero-order valence-electron chi connectivity index (χ0n) is 18.7. The second kappa shape index (κ2) is 9.39. The van der Waals surface area contributed by atoms with E-state index >= 15 is 0 Å². The Bertz CT molecular complexity index is 1150. The molecule has 1 heterocycles. The summed E-state index contributed by atoms with van der Waals surface area (Å²) >= 11 is 5.69. The van der Waals surface area contributed by atoms with E-state index in [-0.39, 0.29) is 11.5 Å². The van der Waals surface area contributed by atoms with Crippen LogP contribution in [-0.4, -0.2) is 31.9 Å². The van der Waals surface area contributed by atoms with Gasteiger partial charge in [0.2, 0.25) is 0 Å². The topological polar surface area (TPSA) is 73.6 Å². The van der Waals surface area contributed by atoms with Gasteiger partial charge in [-0.15, -0.1) is 0 Å². The number of hydrogen-bond donors (Lipinski definition) is 3. The summed E-state index contributed by atoms with van der Waals surface area (Å²) in [6, 6.07) is 9.28. The molecule has 164 valence electrons. The van der Waals surface area contributed by atoms with E-state index in [2.05, 4.69) is 27.9 Å². The molecule has 0 saturated carbocycles. The minimum absolute atomic E-state index is 0.00817. The van der Waals surface area contributed by atoms with Gasteiger partial charge < -0.3 is 20.1 Å². The van der Waals surface area contributed by atoms with Gasteiger partial charge in [-0.3, -0.25) is 4.90 Å². The molecule has 0 fully saturated rings. The first kappa shape index (κ1) is 22.6. The predicted molar refractivity (Wildman–Crippen MR) is 132 cm³/mol. The Morgan fingerprint density at radius 2 is 1.90 bits per heavy atom. The molecule has 0 aliphatic heterocycles. The smallest absolute Gasteiger partial charge is 0.177 e. The van der Waals surface area contributed by atoms with E-state index in [1.54, 1.807) is 7.05 Å². The molecule has 3 N–H and O–H groups in total. The Kier molecular flexibility index (Phi) is 6.85. The average Bonchev–Trinajstić information content (AvgIpc) is 3.07. The van der Waals surface area contributed by atoms with Crippen molar-refractivity contribution in [3.8, 4) is 11.5 Å². The van der Waals surface area contributed by atoms with E-state index in [4.69, 9.17) is 12.2 Å². The van der Waals surface area contributed by atoms with Crippen molar-refractivity contribution in [2.45, 2.75) is 47.1 Å².